The van der Waals surface area contributed by atoms with Crippen LogP contribution in [0.5, 0.6) is 0 Å². The summed E-state index contributed by atoms with van der Waals surface area (Å²) in [4.78, 5) is 2.21. The normalized spacial score (nSPS) is 16.8. The smallest absolute Gasteiger partial charge is 0.0702 e. The number of ether oxygens (including phenoxy) is 1. The quantitative estimate of drug-likeness (QED) is 0.912. The van der Waals surface area contributed by atoms with Crippen molar-refractivity contribution < 1.29 is 9.84 Å². The molecule has 0 saturated carbocycles. The van der Waals surface area contributed by atoms with Crippen LogP contribution in [0.4, 0.5) is 5.69 Å². The third-order valence-corrected chi connectivity index (χ3v) is 3.73. The third kappa shape index (κ3) is 3.37. The van der Waals surface area contributed by atoms with Crippen LogP contribution >= 0.6 is 11.6 Å². The number of nitrogens with zero attached hydrogens (tertiary/aromatic N) is 1. The van der Waals surface area contributed by atoms with Crippen molar-refractivity contribution in [3.8, 4) is 0 Å². The fourth-order valence-electron chi connectivity index (χ4n) is 2.47. The summed E-state index contributed by atoms with van der Waals surface area (Å²) < 4.78 is 5.37. The zero-order chi connectivity index (χ0) is 13.0. The molecule has 0 amide bonds. The Bertz CT molecular complexity index is 391. The molecule has 0 aliphatic carbocycles. The Morgan fingerprint density at radius 2 is 2.11 bits per heavy atom. The molecule has 0 aromatic heterocycles. The molecule has 0 unspecified atom stereocenters. The van der Waals surface area contributed by atoms with Gasteiger partial charge in [0.1, 0.15) is 0 Å². The highest BCUT2D eigenvalue weighted by Crippen LogP contribution is 2.26. The van der Waals surface area contributed by atoms with Crippen LogP contribution in [0.2, 0.25) is 5.02 Å². The molecular weight excluding hydrogens is 250 g/mol. The van der Waals surface area contributed by atoms with Crippen molar-refractivity contribution in [3.63, 3.8) is 0 Å². The predicted molar refractivity (Wildman–Crippen MR) is 74.2 cm³/mol. The van der Waals surface area contributed by atoms with Crippen molar-refractivity contribution in [2.24, 2.45) is 5.92 Å². The van der Waals surface area contributed by atoms with Gasteiger partial charge in [-0.1, -0.05) is 11.6 Å². The molecule has 100 valence electrons. The first-order chi connectivity index (χ1) is 8.70. The summed E-state index contributed by atoms with van der Waals surface area (Å²) in [7, 11) is 2.07. The van der Waals surface area contributed by atoms with Crippen molar-refractivity contribution >= 4 is 17.3 Å². The van der Waals surface area contributed by atoms with Gasteiger partial charge in [-0.3, -0.25) is 0 Å². The Labute approximate surface area is 113 Å². The summed E-state index contributed by atoms with van der Waals surface area (Å²) in [5, 5.41) is 10.1. The molecule has 1 saturated heterocycles. The van der Waals surface area contributed by atoms with E-state index in [0.717, 1.165) is 43.9 Å². The Morgan fingerprint density at radius 1 is 1.39 bits per heavy atom. The minimum atomic E-state index is 0.0218. The number of aliphatic hydroxyl groups excluding tert-OH is 1. The van der Waals surface area contributed by atoms with E-state index in [1.807, 2.05) is 18.2 Å². The van der Waals surface area contributed by atoms with Crippen molar-refractivity contribution in [1.82, 2.24) is 0 Å². The molecular formula is C14H20ClNO2. The van der Waals surface area contributed by atoms with E-state index in [1.165, 1.54) is 0 Å². The first-order valence-corrected chi connectivity index (χ1v) is 6.76. The lowest BCUT2D eigenvalue weighted by molar-refractivity contribution is 0.0685. The van der Waals surface area contributed by atoms with Gasteiger partial charge in [-0.05, 0) is 37.0 Å². The molecule has 2 rings (SSSR count). The Hall–Kier alpha value is -0.770. The maximum atomic E-state index is 9.39. The van der Waals surface area contributed by atoms with Crippen molar-refractivity contribution in [3.05, 3.63) is 28.8 Å². The molecule has 3 nitrogen and oxygen atoms in total. The Morgan fingerprint density at radius 3 is 2.78 bits per heavy atom. The summed E-state index contributed by atoms with van der Waals surface area (Å²) in [6, 6.07) is 5.68. The molecule has 1 aliphatic rings. The number of halogens is 1. The Kier molecular flexibility index (Phi) is 4.87. The van der Waals surface area contributed by atoms with Crippen LogP contribution in [0.25, 0.3) is 0 Å². The highest BCUT2D eigenvalue weighted by atomic mass is 35.5. The molecule has 0 spiro atoms. The summed E-state index contributed by atoms with van der Waals surface area (Å²) in [6.45, 7) is 2.75. The number of aliphatic hydroxyl groups is 1. The van der Waals surface area contributed by atoms with Gasteiger partial charge in [-0.2, -0.15) is 0 Å². The molecule has 1 aromatic rings. The van der Waals surface area contributed by atoms with E-state index in [2.05, 4.69) is 11.9 Å². The van der Waals surface area contributed by atoms with E-state index in [0.29, 0.717) is 10.9 Å². The van der Waals surface area contributed by atoms with Crippen LogP contribution < -0.4 is 4.90 Å². The number of hydrogen-bond donors (Lipinski definition) is 1. The fourth-order valence-corrected chi connectivity index (χ4v) is 2.66. The molecule has 1 aliphatic heterocycles. The first-order valence-electron chi connectivity index (χ1n) is 6.39. The van der Waals surface area contributed by atoms with E-state index >= 15 is 0 Å². The second-order valence-electron chi connectivity index (χ2n) is 4.87. The number of benzene rings is 1. The number of rotatable bonds is 4. The highest BCUT2D eigenvalue weighted by molar-refractivity contribution is 6.30. The molecule has 0 bridgehead atoms. The van der Waals surface area contributed by atoms with Crippen LogP contribution in [-0.4, -0.2) is 31.9 Å². The van der Waals surface area contributed by atoms with Crippen molar-refractivity contribution in [2.75, 3.05) is 31.7 Å². The van der Waals surface area contributed by atoms with Gasteiger partial charge in [0.15, 0.2) is 0 Å². The van der Waals surface area contributed by atoms with Gasteiger partial charge >= 0.3 is 0 Å². The molecule has 1 heterocycles. The molecule has 0 atom stereocenters. The minimum absolute atomic E-state index is 0.0218. The average Bonchev–Trinajstić information content (AvgIpc) is 2.39. The lowest BCUT2D eigenvalue weighted by Crippen LogP contribution is -2.30. The van der Waals surface area contributed by atoms with Crippen LogP contribution in [0.15, 0.2) is 18.2 Å². The van der Waals surface area contributed by atoms with E-state index in [-0.39, 0.29) is 6.61 Å². The second kappa shape index (κ2) is 6.41. The monoisotopic (exact) mass is 269 g/mol. The topological polar surface area (TPSA) is 32.7 Å². The van der Waals surface area contributed by atoms with E-state index in [4.69, 9.17) is 16.3 Å². The van der Waals surface area contributed by atoms with E-state index < -0.39 is 0 Å². The van der Waals surface area contributed by atoms with Gasteiger partial charge in [0.05, 0.1) is 6.61 Å². The number of anilines is 1. The summed E-state index contributed by atoms with van der Waals surface area (Å²) >= 11 is 5.95. The summed E-state index contributed by atoms with van der Waals surface area (Å²) in [5.74, 6) is 0.672. The maximum absolute atomic E-state index is 9.39. The second-order valence-corrected chi connectivity index (χ2v) is 5.30. The van der Waals surface area contributed by atoms with Gasteiger partial charge in [0.2, 0.25) is 0 Å². The fraction of sp³-hybridized carbons (Fsp3) is 0.571. The molecule has 18 heavy (non-hydrogen) atoms. The predicted octanol–water partition coefficient (Wildman–Crippen LogP) is 2.70. The molecule has 0 radical (unpaired) electrons. The average molecular weight is 270 g/mol. The van der Waals surface area contributed by atoms with Crippen LogP contribution in [-0.2, 0) is 11.3 Å². The van der Waals surface area contributed by atoms with Crippen molar-refractivity contribution in [1.29, 1.82) is 0 Å². The summed E-state index contributed by atoms with van der Waals surface area (Å²) in [6.07, 6.45) is 2.23. The van der Waals surface area contributed by atoms with Gasteiger partial charge in [-0.15, -0.1) is 0 Å². The minimum Gasteiger partial charge on any atom is -0.392 e. The van der Waals surface area contributed by atoms with Gasteiger partial charge in [0, 0.05) is 43.1 Å². The lowest BCUT2D eigenvalue weighted by Gasteiger charge is -2.29. The van der Waals surface area contributed by atoms with Crippen LogP contribution in [0.1, 0.15) is 18.4 Å². The number of hydrogen-bond acceptors (Lipinski definition) is 3. The zero-order valence-corrected chi connectivity index (χ0v) is 11.5. The molecule has 1 fully saturated rings. The zero-order valence-electron chi connectivity index (χ0n) is 10.7. The highest BCUT2D eigenvalue weighted by Gasteiger charge is 2.17. The van der Waals surface area contributed by atoms with Crippen molar-refractivity contribution in [2.45, 2.75) is 19.4 Å². The van der Waals surface area contributed by atoms with Gasteiger partial charge in [-0.25, -0.2) is 0 Å². The van der Waals surface area contributed by atoms with E-state index in [1.54, 1.807) is 0 Å². The van der Waals surface area contributed by atoms with Gasteiger partial charge in [0.25, 0.3) is 0 Å². The van der Waals surface area contributed by atoms with E-state index in [9.17, 15) is 5.11 Å². The Balaban J connectivity index is 2.05. The molecule has 1 aromatic carbocycles. The van der Waals surface area contributed by atoms with Crippen LogP contribution in [0.3, 0.4) is 0 Å². The molecule has 4 heteroatoms. The van der Waals surface area contributed by atoms with Crippen LogP contribution in [0, 0.1) is 5.92 Å². The SMILES string of the molecule is CN(CC1CCOCC1)c1ccc(Cl)cc1CO. The summed E-state index contributed by atoms with van der Waals surface area (Å²) in [5.41, 5.74) is 1.95. The lowest BCUT2D eigenvalue weighted by atomic mass is 9.99. The first kappa shape index (κ1) is 13.7. The van der Waals surface area contributed by atoms with Gasteiger partial charge < -0.3 is 14.7 Å². The third-order valence-electron chi connectivity index (χ3n) is 3.50. The maximum Gasteiger partial charge on any atom is 0.0702 e. The largest absolute Gasteiger partial charge is 0.392 e. The standard InChI is InChI=1S/C14H20ClNO2/c1-16(9-11-4-6-18-7-5-11)14-3-2-13(15)8-12(14)10-17/h2-3,8,11,17H,4-7,9-10H2,1H3. The molecule has 1 N–H and O–H groups in total.